The van der Waals surface area contributed by atoms with Crippen LogP contribution in [-0.4, -0.2) is 12.8 Å². The third kappa shape index (κ3) is 4.53. The Hall–Kier alpha value is -0.480. The molecule has 1 nitrogen and oxygen atoms in total. The second kappa shape index (κ2) is 7.34. The topological polar surface area (TPSA) is 12.0 Å². The van der Waals surface area contributed by atoms with Gasteiger partial charge in [-0.15, -0.1) is 23.1 Å². The SMILES string of the molecule is CSc1ccc(C(C)NCCc2ccc(Cl)s2)cc1. The fourth-order valence-corrected chi connectivity index (χ4v) is 3.40. The van der Waals surface area contributed by atoms with Crippen LogP contribution in [0.25, 0.3) is 0 Å². The lowest BCUT2D eigenvalue weighted by Gasteiger charge is -2.14. The highest BCUT2D eigenvalue weighted by atomic mass is 35.5. The van der Waals surface area contributed by atoms with Crippen LogP contribution in [0.5, 0.6) is 0 Å². The van der Waals surface area contributed by atoms with Gasteiger partial charge in [-0.25, -0.2) is 0 Å². The minimum atomic E-state index is 0.381. The number of nitrogens with one attached hydrogen (secondary N) is 1. The van der Waals surface area contributed by atoms with E-state index in [1.807, 2.05) is 6.07 Å². The summed E-state index contributed by atoms with van der Waals surface area (Å²) in [5, 5.41) is 3.55. The van der Waals surface area contributed by atoms with Crippen LogP contribution in [0.2, 0.25) is 4.34 Å². The van der Waals surface area contributed by atoms with Gasteiger partial charge in [0.05, 0.1) is 4.34 Å². The van der Waals surface area contributed by atoms with Gasteiger partial charge in [0.25, 0.3) is 0 Å². The molecule has 2 aromatic rings. The lowest BCUT2D eigenvalue weighted by molar-refractivity contribution is 0.578. The van der Waals surface area contributed by atoms with Crippen LogP contribution in [0.1, 0.15) is 23.4 Å². The van der Waals surface area contributed by atoms with Crippen molar-refractivity contribution in [3.05, 3.63) is 51.2 Å². The molecule has 1 aromatic heterocycles. The number of thiophene rings is 1. The van der Waals surface area contributed by atoms with Gasteiger partial charge in [0.2, 0.25) is 0 Å². The summed E-state index contributed by atoms with van der Waals surface area (Å²) in [5.74, 6) is 0. The molecular formula is C15H18ClNS2. The number of rotatable bonds is 6. The van der Waals surface area contributed by atoms with Crippen molar-refractivity contribution in [3.63, 3.8) is 0 Å². The lowest BCUT2D eigenvalue weighted by atomic mass is 10.1. The highest BCUT2D eigenvalue weighted by molar-refractivity contribution is 7.98. The van der Waals surface area contributed by atoms with Gasteiger partial charge in [0.15, 0.2) is 0 Å². The quantitative estimate of drug-likeness (QED) is 0.752. The second-order valence-corrected chi connectivity index (χ2v) is 7.08. The lowest BCUT2D eigenvalue weighted by Crippen LogP contribution is -2.21. The molecule has 2 rings (SSSR count). The van der Waals surface area contributed by atoms with E-state index < -0.39 is 0 Å². The Kier molecular flexibility index (Phi) is 5.76. The molecule has 0 aliphatic heterocycles. The minimum absolute atomic E-state index is 0.381. The highest BCUT2D eigenvalue weighted by Crippen LogP contribution is 2.22. The Morgan fingerprint density at radius 3 is 2.53 bits per heavy atom. The van der Waals surface area contributed by atoms with Gasteiger partial charge in [-0.2, -0.15) is 0 Å². The molecule has 1 N–H and O–H groups in total. The van der Waals surface area contributed by atoms with Crippen LogP contribution >= 0.6 is 34.7 Å². The van der Waals surface area contributed by atoms with Gasteiger partial charge < -0.3 is 5.32 Å². The predicted molar refractivity (Wildman–Crippen MR) is 87.7 cm³/mol. The maximum absolute atomic E-state index is 5.92. The van der Waals surface area contributed by atoms with Gasteiger partial charge in [-0.1, -0.05) is 23.7 Å². The molecule has 0 saturated heterocycles. The summed E-state index contributed by atoms with van der Waals surface area (Å²) in [5.41, 5.74) is 1.34. The summed E-state index contributed by atoms with van der Waals surface area (Å²) in [4.78, 5) is 2.65. The van der Waals surface area contributed by atoms with Crippen molar-refractivity contribution in [1.29, 1.82) is 0 Å². The van der Waals surface area contributed by atoms with E-state index in [1.54, 1.807) is 23.1 Å². The first-order chi connectivity index (χ1) is 9.19. The van der Waals surface area contributed by atoms with Crippen molar-refractivity contribution in [3.8, 4) is 0 Å². The molecule has 0 bridgehead atoms. The van der Waals surface area contributed by atoms with Crippen molar-refractivity contribution in [2.45, 2.75) is 24.3 Å². The molecular weight excluding hydrogens is 294 g/mol. The summed E-state index contributed by atoms with van der Waals surface area (Å²) < 4.78 is 0.871. The third-order valence-corrected chi connectivity index (χ3v) is 5.10. The first-order valence-corrected chi connectivity index (χ1v) is 8.72. The third-order valence-electron chi connectivity index (χ3n) is 3.07. The fraction of sp³-hybridized carbons (Fsp3) is 0.333. The Labute approximate surface area is 128 Å². The van der Waals surface area contributed by atoms with E-state index in [0.29, 0.717) is 6.04 Å². The highest BCUT2D eigenvalue weighted by Gasteiger charge is 2.05. The van der Waals surface area contributed by atoms with E-state index in [2.05, 4.69) is 48.8 Å². The van der Waals surface area contributed by atoms with E-state index in [4.69, 9.17) is 11.6 Å². The summed E-state index contributed by atoms with van der Waals surface area (Å²) in [6, 6.07) is 13.2. The molecule has 1 heterocycles. The zero-order chi connectivity index (χ0) is 13.7. The first kappa shape index (κ1) is 14.9. The molecule has 1 aromatic carbocycles. The molecule has 0 spiro atoms. The van der Waals surface area contributed by atoms with Gasteiger partial charge in [-0.05, 0) is 49.4 Å². The van der Waals surface area contributed by atoms with E-state index in [-0.39, 0.29) is 0 Å². The van der Waals surface area contributed by atoms with Gasteiger partial charge >= 0.3 is 0 Å². The normalized spacial score (nSPS) is 12.6. The number of hydrogen-bond donors (Lipinski definition) is 1. The summed E-state index contributed by atoms with van der Waals surface area (Å²) in [7, 11) is 0. The maximum Gasteiger partial charge on any atom is 0.0931 e. The first-order valence-electron chi connectivity index (χ1n) is 6.30. The zero-order valence-corrected chi connectivity index (χ0v) is 13.5. The van der Waals surface area contributed by atoms with Crippen LogP contribution in [0.15, 0.2) is 41.3 Å². The van der Waals surface area contributed by atoms with Gasteiger partial charge in [-0.3, -0.25) is 0 Å². The van der Waals surface area contributed by atoms with E-state index in [0.717, 1.165) is 17.3 Å². The molecule has 1 atom stereocenters. The second-order valence-electron chi connectivity index (χ2n) is 4.40. The monoisotopic (exact) mass is 311 g/mol. The summed E-state index contributed by atoms with van der Waals surface area (Å²) >= 11 is 9.36. The average molecular weight is 312 g/mol. The Morgan fingerprint density at radius 1 is 1.21 bits per heavy atom. The zero-order valence-electron chi connectivity index (χ0n) is 11.2. The number of halogens is 1. The molecule has 0 radical (unpaired) electrons. The van der Waals surface area contributed by atoms with E-state index in [1.165, 1.54) is 15.3 Å². The van der Waals surface area contributed by atoms with Crippen molar-refractivity contribution >= 4 is 34.7 Å². The summed E-state index contributed by atoms with van der Waals surface area (Å²) in [6.45, 7) is 3.18. The molecule has 0 amide bonds. The van der Waals surface area contributed by atoms with E-state index in [9.17, 15) is 0 Å². The number of benzene rings is 1. The van der Waals surface area contributed by atoms with Gasteiger partial charge in [0, 0.05) is 22.4 Å². The van der Waals surface area contributed by atoms with Crippen LogP contribution in [-0.2, 0) is 6.42 Å². The van der Waals surface area contributed by atoms with Crippen molar-refractivity contribution in [1.82, 2.24) is 5.32 Å². The largest absolute Gasteiger partial charge is 0.310 e. The number of hydrogen-bond acceptors (Lipinski definition) is 3. The van der Waals surface area contributed by atoms with Crippen LogP contribution in [0.4, 0.5) is 0 Å². The van der Waals surface area contributed by atoms with Crippen LogP contribution in [0, 0.1) is 0 Å². The van der Waals surface area contributed by atoms with E-state index >= 15 is 0 Å². The standard InChI is InChI=1S/C15H18ClNS2/c1-11(12-3-5-13(18-2)6-4-12)17-10-9-14-7-8-15(16)19-14/h3-8,11,17H,9-10H2,1-2H3. The molecule has 1 unspecified atom stereocenters. The van der Waals surface area contributed by atoms with Crippen LogP contribution in [0.3, 0.4) is 0 Å². The molecule has 0 fully saturated rings. The molecule has 102 valence electrons. The Morgan fingerprint density at radius 2 is 1.95 bits per heavy atom. The molecule has 0 aliphatic rings. The number of thioether (sulfide) groups is 1. The molecule has 0 aliphatic carbocycles. The minimum Gasteiger partial charge on any atom is -0.310 e. The van der Waals surface area contributed by atoms with Crippen molar-refractivity contribution in [2.24, 2.45) is 0 Å². The fourth-order valence-electron chi connectivity index (χ4n) is 1.91. The Balaban J connectivity index is 1.81. The summed E-state index contributed by atoms with van der Waals surface area (Å²) in [6.07, 6.45) is 3.13. The average Bonchev–Trinajstić information content (AvgIpc) is 2.84. The van der Waals surface area contributed by atoms with Crippen molar-refractivity contribution in [2.75, 3.05) is 12.8 Å². The molecule has 4 heteroatoms. The molecule has 0 saturated carbocycles. The van der Waals surface area contributed by atoms with Gasteiger partial charge in [0.1, 0.15) is 0 Å². The predicted octanol–water partition coefficient (Wildman–Crippen LogP) is 5.02. The van der Waals surface area contributed by atoms with Crippen molar-refractivity contribution < 1.29 is 0 Å². The molecule has 19 heavy (non-hydrogen) atoms. The Bertz CT molecular complexity index is 507. The van der Waals surface area contributed by atoms with Crippen LogP contribution < -0.4 is 5.32 Å². The smallest absolute Gasteiger partial charge is 0.0931 e. The maximum atomic E-state index is 5.92.